The van der Waals surface area contributed by atoms with E-state index in [4.69, 9.17) is 9.84 Å². The van der Waals surface area contributed by atoms with Gasteiger partial charge in [0.2, 0.25) is 0 Å². The second-order valence-electron chi connectivity index (χ2n) is 5.37. The highest BCUT2D eigenvalue weighted by Crippen LogP contribution is 2.23. The maximum Gasteiger partial charge on any atom is 0.281 e. The van der Waals surface area contributed by atoms with Crippen molar-refractivity contribution in [3.05, 3.63) is 0 Å². The van der Waals surface area contributed by atoms with E-state index in [1.54, 1.807) is 15.7 Å². The van der Waals surface area contributed by atoms with Gasteiger partial charge in [0, 0.05) is 39.9 Å². The van der Waals surface area contributed by atoms with Crippen molar-refractivity contribution in [1.82, 2.24) is 8.61 Å². The lowest BCUT2D eigenvalue weighted by atomic mass is 10.00. The number of ether oxygens (including phenoxy) is 1. The van der Waals surface area contributed by atoms with E-state index in [-0.39, 0.29) is 18.6 Å². The molecule has 2 aliphatic rings. The summed E-state index contributed by atoms with van der Waals surface area (Å²) in [6.45, 7) is 2.30. The first kappa shape index (κ1) is 15.2. The molecule has 0 aromatic rings. The Morgan fingerprint density at radius 1 is 1.05 bits per heavy atom. The van der Waals surface area contributed by atoms with Crippen LogP contribution < -0.4 is 0 Å². The van der Waals surface area contributed by atoms with E-state index in [1.165, 1.54) is 0 Å². The SMILES string of the molecule is COC1CCN(S(=O)(=O)N2CCC(CO)CC2)CC1. The molecule has 7 heteroatoms. The fourth-order valence-corrected chi connectivity index (χ4v) is 4.46. The molecule has 0 aromatic carbocycles. The van der Waals surface area contributed by atoms with Crippen LogP contribution in [-0.2, 0) is 14.9 Å². The molecule has 0 saturated carbocycles. The summed E-state index contributed by atoms with van der Waals surface area (Å²) in [4.78, 5) is 0. The maximum absolute atomic E-state index is 12.5. The van der Waals surface area contributed by atoms with Crippen LogP contribution in [0.5, 0.6) is 0 Å². The van der Waals surface area contributed by atoms with Gasteiger partial charge in [-0.2, -0.15) is 17.0 Å². The topological polar surface area (TPSA) is 70.1 Å². The first-order valence-electron chi connectivity index (χ1n) is 6.96. The van der Waals surface area contributed by atoms with Crippen molar-refractivity contribution >= 4 is 10.2 Å². The van der Waals surface area contributed by atoms with E-state index < -0.39 is 10.2 Å². The molecule has 0 amide bonds. The molecule has 19 heavy (non-hydrogen) atoms. The van der Waals surface area contributed by atoms with Gasteiger partial charge in [0.05, 0.1) is 6.10 Å². The molecular weight excluding hydrogens is 268 g/mol. The standard InChI is InChI=1S/C12H24N2O4S/c1-18-12-4-8-14(9-5-12)19(16,17)13-6-2-11(10-15)3-7-13/h11-12,15H,2-10H2,1H3. The van der Waals surface area contributed by atoms with Crippen molar-refractivity contribution < 1.29 is 18.3 Å². The molecule has 2 saturated heterocycles. The van der Waals surface area contributed by atoms with Crippen LogP contribution in [0.25, 0.3) is 0 Å². The van der Waals surface area contributed by atoms with Gasteiger partial charge in [-0.1, -0.05) is 0 Å². The van der Waals surface area contributed by atoms with E-state index >= 15 is 0 Å². The second kappa shape index (κ2) is 6.49. The lowest BCUT2D eigenvalue weighted by Crippen LogP contribution is -2.50. The number of aliphatic hydroxyl groups excluding tert-OH is 1. The minimum Gasteiger partial charge on any atom is -0.396 e. The molecule has 0 bridgehead atoms. The number of piperidine rings is 2. The molecule has 0 aliphatic carbocycles. The zero-order valence-electron chi connectivity index (χ0n) is 11.5. The third-order valence-electron chi connectivity index (χ3n) is 4.22. The second-order valence-corrected chi connectivity index (χ2v) is 7.30. The Balaban J connectivity index is 1.92. The van der Waals surface area contributed by atoms with E-state index in [1.807, 2.05) is 0 Å². The Labute approximate surface area is 115 Å². The molecule has 0 radical (unpaired) electrons. The molecule has 112 valence electrons. The molecule has 2 fully saturated rings. The van der Waals surface area contributed by atoms with Crippen LogP contribution in [0.2, 0.25) is 0 Å². The molecule has 0 atom stereocenters. The van der Waals surface area contributed by atoms with Crippen LogP contribution in [-0.4, -0.2) is 68.1 Å². The minimum absolute atomic E-state index is 0.160. The molecule has 0 unspecified atom stereocenters. The summed E-state index contributed by atoms with van der Waals surface area (Å²) < 4.78 is 33.4. The Kier molecular flexibility index (Phi) is 5.19. The number of aliphatic hydroxyl groups is 1. The van der Waals surface area contributed by atoms with Crippen molar-refractivity contribution in [1.29, 1.82) is 0 Å². The van der Waals surface area contributed by atoms with E-state index in [9.17, 15) is 8.42 Å². The molecule has 0 aromatic heterocycles. The maximum atomic E-state index is 12.5. The van der Waals surface area contributed by atoms with Gasteiger partial charge in [-0.25, -0.2) is 0 Å². The van der Waals surface area contributed by atoms with E-state index in [2.05, 4.69) is 0 Å². The summed E-state index contributed by atoms with van der Waals surface area (Å²) in [6, 6.07) is 0. The molecular formula is C12H24N2O4S. The van der Waals surface area contributed by atoms with Crippen LogP contribution in [0.3, 0.4) is 0 Å². The van der Waals surface area contributed by atoms with Crippen LogP contribution in [0, 0.1) is 5.92 Å². The fraction of sp³-hybridized carbons (Fsp3) is 1.00. The van der Waals surface area contributed by atoms with Gasteiger partial charge in [-0.3, -0.25) is 0 Å². The van der Waals surface area contributed by atoms with Crippen molar-refractivity contribution in [3.63, 3.8) is 0 Å². The number of hydrogen-bond donors (Lipinski definition) is 1. The highest BCUT2D eigenvalue weighted by atomic mass is 32.2. The van der Waals surface area contributed by atoms with Crippen LogP contribution in [0.1, 0.15) is 25.7 Å². The highest BCUT2D eigenvalue weighted by Gasteiger charge is 2.34. The highest BCUT2D eigenvalue weighted by molar-refractivity contribution is 7.86. The number of hydrogen-bond acceptors (Lipinski definition) is 4. The Morgan fingerprint density at radius 3 is 1.95 bits per heavy atom. The molecule has 2 rings (SSSR count). The lowest BCUT2D eigenvalue weighted by molar-refractivity contribution is 0.0585. The van der Waals surface area contributed by atoms with Crippen molar-refractivity contribution in [3.8, 4) is 0 Å². The van der Waals surface area contributed by atoms with Gasteiger partial charge in [-0.05, 0) is 31.6 Å². The summed E-state index contributed by atoms with van der Waals surface area (Å²) in [5.41, 5.74) is 0. The van der Waals surface area contributed by atoms with Gasteiger partial charge in [0.1, 0.15) is 0 Å². The van der Waals surface area contributed by atoms with Gasteiger partial charge in [-0.15, -0.1) is 0 Å². The summed E-state index contributed by atoms with van der Waals surface area (Å²) >= 11 is 0. The van der Waals surface area contributed by atoms with Crippen molar-refractivity contribution in [2.75, 3.05) is 39.9 Å². The summed E-state index contributed by atoms with van der Waals surface area (Å²) in [5.74, 6) is 0.255. The summed E-state index contributed by atoms with van der Waals surface area (Å²) in [5, 5.41) is 9.09. The minimum atomic E-state index is -3.32. The third kappa shape index (κ3) is 3.46. The number of rotatable bonds is 4. The van der Waals surface area contributed by atoms with Gasteiger partial charge in [0.25, 0.3) is 10.2 Å². The zero-order chi connectivity index (χ0) is 13.9. The quantitative estimate of drug-likeness (QED) is 0.794. The molecule has 2 aliphatic heterocycles. The van der Waals surface area contributed by atoms with Gasteiger partial charge in [0.15, 0.2) is 0 Å². The third-order valence-corrected chi connectivity index (χ3v) is 6.25. The molecule has 1 N–H and O–H groups in total. The predicted octanol–water partition coefficient (Wildman–Crippen LogP) is 0.0463. The molecule has 0 spiro atoms. The first-order chi connectivity index (χ1) is 9.07. The summed E-state index contributed by atoms with van der Waals surface area (Å²) in [6.07, 6.45) is 3.23. The summed E-state index contributed by atoms with van der Waals surface area (Å²) in [7, 11) is -1.64. The fourth-order valence-electron chi connectivity index (χ4n) is 2.78. The normalized spacial score (nSPS) is 25.8. The first-order valence-corrected chi connectivity index (χ1v) is 8.36. The average molecular weight is 292 g/mol. The Morgan fingerprint density at radius 2 is 1.53 bits per heavy atom. The van der Waals surface area contributed by atoms with Crippen LogP contribution >= 0.6 is 0 Å². The van der Waals surface area contributed by atoms with E-state index in [0.717, 1.165) is 25.7 Å². The Bertz CT molecular complexity index is 341. The average Bonchev–Trinajstić information content (AvgIpc) is 2.47. The molecule has 6 nitrogen and oxygen atoms in total. The van der Waals surface area contributed by atoms with Crippen LogP contribution in [0.15, 0.2) is 0 Å². The number of nitrogens with zero attached hydrogens (tertiary/aromatic N) is 2. The predicted molar refractivity (Wildman–Crippen MR) is 71.9 cm³/mol. The van der Waals surface area contributed by atoms with Gasteiger partial charge < -0.3 is 9.84 Å². The zero-order valence-corrected chi connectivity index (χ0v) is 12.3. The lowest BCUT2D eigenvalue weighted by Gasteiger charge is -2.37. The van der Waals surface area contributed by atoms with Crippen molar-refractivity contribution in [2.45, 2.75) is 31.8 Å². The van der Waals surface area contributed by atoms with Crippen LogP contribution in [0.4, 0.5) is 0 Å². The molecule has 2 heterocycles. The van der Waals surface area contributed by atoms with Crippen molar-refractivity contribution in [2.24, 2.45) is 5.92 Å². The number of methoxy groups -OCH3 is 1. The van der Waals surface area contributed by atoms with Gasteiger partial charge >= 0.3 is 0 Å². The smallest absolute Gasteiger partial charge is 0.281 e. The largest absolute Gasteiger partial charge is 0.396 e. The van der Waals surface area contributed by atoms with E-state index in [0.29, 0.717) is 26.2 Å². The Hall–Kier alpha value is -0.210. The monoisotopic (exact) mass is 292 g/mol.